The van der Waals surface area contributed by atoms with Crippen LogP contribution in [0.25, 0.3) is 0 Å². The van der Waals surface area contributed by atoms with E-state index < -0.39 is 4.87 Å². The lowest BCUT2D eigenvalue weighted by molar-refractivity contribution is -0.139. The van der Waals surface area contributed by atoms with E-state index in [9.17, 15) is 14.4 Å². The van der Waals surface area contributed by atoms with Gasteiger partial charge in [0.05, 0.1) is 5.69 Å². The van der Waals surface area contributed by atoms with Gasteiger partial charge in [-0.25, -0.2) is 0 Å². The summed E-state index contributed by atoms with van der Waals surface area (Å²) >= 11 is 1.07. The van der Waals surface area contributed by atoms with Gasteiger partial charge in [0.15, 0.2) is 5.17 Å². The summed E-state index contributed by atoms with van der Waals surface area (Å²) in [5, 5.41) is 8.16. The fourth-order valence-electron chi connectivity index (χ4n) is 3.04. The highest BCUT2D eigenvalue weighted by molar-refractivity contribution is 8.15. The number of carbonyl (C=O) groups excluding carboxylic acids is 3. The van der Waals surface area contributed by atoms with E-state index in [0.717, 1.165) is 22.3 Å². The molecular formula is C17H18N4O3S. The average molecular weight is 358 g/mol. The normalized spacial score (nSPS) is 21.4. The number of nitrogens with zero attached hydrogens (tertiary/aromatic N) is 3. The van der Waals surface area contributed by atoms with Crippen LogP contribution in [0, 0.1) is 6.92 Å². The molecule has 1 aromatic rings. The molecule has 1 N–H and O–H groups in total. The third-order valence-electron chi connectivity index (χ3n) is 3.97. The van der Waals surface area contributed by atoms with Crippen molar-refractivity contribution in [3.05, 3.63) is 42.0 Å². The molecule has 130 valence electrons. The summed E-state index contributed by atoms with van der Waals surface area (Å²) in [6, 6.07) is 5.65. The summed E-state index contributed by atoms with van der Waals surface area (Å²) < 4.78 is 0. The van der Waals surface area contributed by atoms with Crippen molar-refractivity contribution in [2.24, 2.45) is 5.10 Å². The zero-order valence-electron chi connectivity index (χ0n) is 14.2. The molecule has 8 heteroatoms. The molecule has 7 nitrogen and oxygen atoms in total. The molecule has 3 amide bonds. The Bertz CT molecular complexity index is 835. The van der Waals surface area contributed by atoms with Crippen LogP contribution in [-0.2, 0) is 19.3 Å². The lowest BCUT2D eigenvalue weighted by atomic mass is 10.0. The molecule has 0 fully saturated rings. The quantitative estimate of drug-likeness (QED) is 0.816. The molecule has 0 radical (unpaired) electrons. The van der Waals surface area contributed by atoms with Gasteiger partial charge in [-0.1, -0.05) is 23.8 Å². The molecular weight excluding hydrogens is 340 g/mol. The number of rotatable bonds is 2. The van der Waals surface area contributed by atoms with Gasteiger partial charge in [0, 0.05) is 26.0 Å². The van der Waals surface area contributed by atoms with Gasteiger partial charge >= 0.3 is 0 Å². The number of fused-ring (bicyclic) bond motifs is 2. The number of carbonyl (C=O) groups is 3. The minimum atomic E-state index is -1.34. The van der Waals surface area contributed by atoms with Crippen LogP contribution >= 0.6 is 11.8 Å². The molecule has 1 atom stereocenters. The molecule has 0 unspecified atom stereocenters. The number of nitrogens with one attached hydrogen (secondary N) is 1. The molecule has 1 spiro atoms. The van der Waals surface area contributed by atoms with Crippen LogP contribution in [0.4, 0.5) is 5.69 Å². The number of amides is 3. The van der Waals surface area contributed by atoms with Crippen molar-refractivity contribution in [2.45, 2.75) is 25.6 Å². The van der Waals surface area contributed by atoms with Gasteiger partial charge in [-0.05, 0) is 24.8 Å². The Morgan fingerprint density at radius 2 is 2.12 bits per heavy atom. The molecule has 0 aliphatic carbocycles. The first-order valence-electron chi connectivity index (χ1n) is 7.71. The zero-order chi connectivity index (χ0) is 18.4. The Labute approximate surface area is 149 Å². The Morgan fingerprint density at radius 3 is 2.72 bits per heavy atom. The number of amidine groups is 1. The molecule has 25 heavy (non-hydrogen) atoms. The molecule has 1 aromatic carbocycles. The molecule has 2 aliphatic heterocycles. The van der Waals surface area contributed by atoms with Gasteiger partial charge in [0.2, 0.25) is 16.7 Å². The predicted molar refractivity (Wildman–Crippen MR) is 96.8 cm³/mol. The van der Waals surface area contributed by atoms with Crippen molar-refractivity contribution in [1.29, 1.82) is 0 Å². The molecule has 0 saturated heterocycles. The monoisotopic (exact) mass is 358 g/mol. The van der Waals surface area contributed by atoms with Crippen LogP contribution in [-0.4, -0.2) is 34.4 Å². The number of hydrogen-bond acceptors (Lipinski definition) is 5. The van der Waals surface area contributed by atoms with Crippen molar-refractivity contribution in [3.8, 4) is 0 Å². The Kier molecular flexibility index (Phi) is 4.16. The highest BCUT2D eigenvalue weighted by atomic mass is 32.2. The second kappa shape index (κ2) is 6.03. The van der Waals surface area contributed by atoms with E-state index >= 15 is 0 Å². The maximum Gasteiger partial charge on any atom is 0.271 e. The summed E-state index contributed by atoms with van der Waals surface area (Å²) in [4.78, 5) is 37.2. The van der Waals surface area contributed by atoms with Crippen molar-refractivity contribution < 1.29 is 14.4 Å². The summed E-state index contributed by atoms with van der Waals surface area (Å²) in [5.74, 6) is -0.976. The number of benzene rings is 1. The lowest BCUT2D eigenvalue weighted by Gasteiger charge is -2.29. The largest absolute Gasteiger partial charge is 0.305 e. The highest BCUT2D eigenvalue weighted by Gasteiger charge is 2.60. The minimum absolute atomic E-state index is 0.226. The van der Waals surface area contributed by atoms with Gasteiger partial charge < -0.3 is 10.2 Å². The fraction of sp³-hybridized carbons (Fsp3) is 0.294. The Balaban J connectivity index is 2.18. The third-order valence-corrected chi connectivity index (χ3v) is 5.21. The molecule has 0 saturated carbocycles. The number of hydrazone groups is 1. The van der Waals surface area contributed by atoms with Crippen LogP contribution < -0.4 is 10.2 Å². The van der Waals surface area contributed by atoms with Crippen molar-refractivity contribution in [2.75, 3.05) is 11.4 Å². The van der Waals surface area contributed by atoms with Crippen LogP contribution in [0.3, 0.4) is 0 Å². The second-order valence-electron chi connectivity index (χ2n) is 5.89. The smallest absolute Gasteiger partial charge is 0.271 e. The van der Waals surface area contributed by atoms with E-state index in [-0.39, 0.29) is 22.9 Å². The number of aryl methyl sites for hydroxylation is 1. The maximum atomic E-state index is 13.3. The van der Waals surface area contributed by atoms with Gasteiger partial charge in [-0.3, -0.25) is 14.4 Å². The van der Waals surface area contributed by atoms with E-state index in [0.29, 0.717) is 17.8 Å². The standard InChI is InChI=1S/C17H18N4O3S/c1-5-8-20-14-7-6-10(2)9-13(14)17(15(20)24)21(12(4)23)19-16(25-17)18-11(3)22/h5-7,9H,1,8H2,2-4H3,(H,18,19,22)/t17-/m0/s1. The number of anilines is 1. The van der Waals surface area contributed by atoms with E-state index in [1.807, 2.05) is 25.1 Å². The molecule has 2 aliphatic rings. The minimum Gasteiger partial charge on any atom is -0.305 e. The van der Waals surface area contributed by atoms with Crippen molar-refractivity contribution >= 4 is 40.3 Å². The van der Waals surface area contributed by atoms with Gasteiger partial charge in [0.25, 0.3) is 5.91 Å². The third kappa shape index (κ3) is 2.53. The van der Waals surface area contributed by atoms with Crippen LogP contribution in [0.5, 0.6) is 0 Å². The van der Waals surface area contributed by atoms with Crippen LogP contribution in [0.1, 0.15) is 25.0 Å². The summed E-state index contributed by atoms with van der Waals surface area (Å²) in [6.07, 6.45) is 1.63. The lowest BCUT2D eigenvalue weighted by Crippen LogP contribution is -2.48. The molecule has 0 aromatic heterocycles. The van der Waals surface area contributed by atoms with Gasteiger partial charge in [0.1, 0.15) is 0 Å². The molecule has 3 rings (SSSR count). The first kappa shape index (κ1) is 17.2. The van der Waals surface area contributed by atoms with E-state index in [4.69, 9.17) is 0 Å². The topological polar surface area (TPSA) is 82.1 Å². The molecule has 2 heterocycles. The van der Waals surface area contributed by atoms with Gasteiger partial charge in [-0.15, -0.1) is 11.7 Å². The van der Waals surface area contributed by atoms with Crippen molar-refractivity contribution in [3.63, 3.8) is 0 Å². The second-order valence-corrected chi connectivity index (χ2v) is 7.07. The maximum absolute atomic E-state index is 13.3. The van der Waals surface area contributed by atoms with Crippen LogP contribution in [0.2, 0.25) is 0 Å². The summed E-state index contributed by atoms with van der Waals surface area (Å²) in [7, 11) is 0. The summed E-state index contributed by atoms with van der Waals surface area (Å²) in [6.45, 7) is 8.64. The first-order valence-corrected chi connectivity index (χ1v) is 8.53. The highest BCUT2D eigenvalue weighted by Crippen LogP contribution is 2.54. The van der Waals surface area contributed by atoms with Crippen LogP contribution in [0.15, 0.2) is 36.0 Å². The first-order chi connectivity index (χ1) is 11.8. The number of hydrogen-bond donors (Lipinski definition) is 1. The SMILES string of the molecule is C=CCN1C(=O)[C@@]2(SC(NC(C)=O)=NN2C(C)=O)c2cc(C)ccc21. The Hall–Kier alpha value is -2.61. The number of thioether (sulfide) groups is 1. The van der Waals surface area contributed by atoms with E-state index in [2.05, 4.69) is 17.0 Å². The zero-order valence-corrected chi connectivity index (χ0v) is 15.0. The van der Waals surface area contributed by atoms with E-state index in [1.165, 1.54) is 13.8 Å². The van der Waals surface area contributed by atoms with Crippen molar-refractivity contribution in [1.82, 2.24) is 10.3 Å². The van der Waals surface area contributed by atoms with Gasteiger partial charge in [-0.2, -0.15) is 5.01 Å². The average Bonchev–Trinajstić information content (AvgIpc) is 3.00. The summed E-state index contributed by atoms with van der Waals surface area (Å²) in [5.41, 5.74) is 2.36. The van der Waals surface area contributed by atoms with E-state index in [1.54, 1.807) is 11.0 Å². The fourth-order valence-corrected chi connectivity index (χ4v) is 4.36. The molecule has 0 bridgehead atoms. The Morgan fingerprint density at radius 1 is 1.40 bits per heavy atom. The predicted octanol–water partition coefficient (Wildman–Crippen LogP) is 1.68.